The van der Waals surface area contributed by atoms with Gasteiger partial charge in [-0.2, -0.15) is 4.40 Å². The molecule has 2 heterocycles. The SMILES string of the molecule is Brc1ccc2cc3cccc[n+]3cc2c1. The first kappa shape index (κ1) is 8.86. The predicted molar refractivity (Wildman–Crippen MR) is 64.8 cm³/mol. The Bertz CT molecular complexity index is 646. The van der Waals surface area contributed by atoms with Crippen molar-refractivity contribution < 1.29 is 4.40 Å². The lowest BCUT2D eigenvalue weighted by Crippen LogP contribution is -2.19. The quantitative estimate of drug-likeness (QED) is 0.430. The van der Waals surface area contributed by atoms with Crippen molar-refractivity contribution in [3.05, 3.63) is 59.3 Å². The molecule has 3 rings (SSSR count). The molecule has 1 aromatic carbocycles. The van der Waals surface area contributed by atoms with Crippen molar-refractivity contribution in [1.29, 1.82) is 0 Å². The Morgan fingerprint density at radius 2 is 1.87 bits per heavy atom. The summed E-state index contributed by atoms with van der Waals surface area (Å²) in [6, 6.07) is 14.7. The van der Waals surface area contributed by atoms with E-state index in [0.717, 1.165) is 4.47 Å². The molecule has 72 valence electrons. The Hall–Kier alpha value is -1.41. The number of fused-ring (bicyclic) bond motifs is 2. The van der Waals surface area contributed by atoms with Gasteiger partial charge in [0.15, 0.2) is 12.4 Å². The Balaban J connectivity index is 2.47. The molecule has 3 aromatic rings. The van der Waals surface area contributed by atoms with Gasteiger partial charge in [-0.25, -0.2) is 0 Å². The van der Waals surface area contributed by atoms with E-state index in [0.29, 0.717) is 0 Å². The van der Waals surface area contributed by atoms with Crippen LogP contribution in [-0.2, 0) is 0 Å². The standard InChI is InChI=1S/C13H9BrN/c14-12-5-4-10-8-13-3-1-2-6-15(13)9-11(10)7-12/h1-9H/q+1. The van der Waals surface area contributed by atoms with Crippen LogP contribution in [-0.4, -0.2) is 0 Å². The van der Waals surface area contributed by atoms with Crippen LogP contribution in [0.4, 0.5) is 0 Å². The van der Waals surface area contributed by atoms with Gasteiger partial charge in [0.05, 0.1) is 0 Å². The van der Waals surface area contributed by atoms with Gasteiger partial charge >= 0.3 is 0 Å². The zero-order valence-corrected chi connectivity index (χ0v) is 9.61. The van der Waals surface area contributed by atoms with Gasteiger partial charge in [-0.1, -0.05) is 22.0 Å². The first-order valence-corrected chi connectivity index (χ1v) is 5.61. The summed E-state index contributed by atoms with van der Waals surface area (Å²) in [5, 5.41) is 2.51. The van der Waals surface area contributed by atoms with Gasteiger partial charge in [0.2, 0.25) is 5.52 Å². The van der Waals surface area contributed by atoms with Crippen LogP contribution < -0.4 is 4.40 Å². The molecule has 15 heavy (non-hydrogen) atoms. The van der Waals surface area contributed by atoms with Crippen LogP contribution in [0.5, 0.6) is 0 Å². The van der Waals surface area contributed by atoms with Gasteiger partial charge in [0.25, 0.3) is 0 Å². The Labute approximate surface area is 96.1 Å². The number of pyridine rings is 2. The van der Waals surface area contributed by atoms with Crippen LogP contribution in [0, 0.1) is 0 Å². The normalized spacial score (nSPS) is 11.0. The Morgan fingerprint density at radius 1 is 0.933 bits per heavy atom. The third-order valence-electron chi connectivity index (χ3n) is 2.55. The van der Waals surface area contributed by atoms with E-state index in [1.165, 1.54) is 16.3 Å². The van der Waals surface area contributed by atoms with Gasteiger partial charge < -0.3 is 0 Å². The highest BCUT2D eigenvalue weighted by Gasteiger charge is 2.03. The molecule has 0 atom stereocenters. The van der Waals surface area contributed by atoms with Crippen molar-refractivity contribution >= 4 is 32.2 Å². The number of rotatable bonds is 0. The summed E-state index contributed by atoms with van der Waals surface area (Å²) in [5.74, 6) is 0. The second kappa shape index (κ2) is 3.31. The molecule has 0 saturated heterocycles. The molecule has 0 saturated carbocycles. The molecular formula is C13H9BrN+. The van der Waals surface area contributed by atoms with Crippen LogP contribution in [0.2, 0.25) is 0 Å². The molecule has 2 heteroatoms. The molecule has 0 radical (unpaired) electrons. The number of hydrogen-bond acceptors (Lipinski definition) is 0. The third-order valence-corrected chi connectivity index (χ3v) is 3.05. The molecule has 0 amide bonds. The third kappa shape index (κ3) is 1.51. The van der Waals surface area contributed by atoms with E-state index in [9.17, 15) is 0 Å². The zero-order chi connectivity index (χ0) is 10.3. The molecule has 0 aliphatic rings. The zero-order valence-electron chi connectivity index (χ0n) is 8.02. The molecule has 0 spiro atoms. The number of nitrogens with zero attached hydrogens (tertiary/aromatic N) is 1. The van der Waals surface area contributed by atoms with Gasteiger partial charge in [-0.3, -0.25) is 0 Å². The largest absolute Gasteiger partial charge is 0.211 e. The summed E-state index contributed by atoms with van der Waals surface area (Å²) in [6.45, 7) is 0. The topological polar surface area (TPSA) is 4.10 Å². The first-order valence-electron chi connectivity index (χ1n) is 4.82. The maximum atomic E-state index is 3.49. The fraction of sp³-hybridized carbons (Fsp3) is 0. The maximum Gasteiger partial charge on any atom is 0.211 e. The maximum absolute atomic E-state index is 3.49. The van der Waals surface area contributed by atoms with Crippen LogP contribution in [0.3, 0.4) is 0 Å². The lowest BCUT2D eigenvalue weighted by molar-refractivity contribution is -0.510. The average Bonchev–Trinajstić information content (AvgIpc) is 2.26. The van der Waals surface area contributed by atoms with Crippen molar-refractivity contribution in [1.82, 2.24) is 0 Å². The van der Waals surface area contributed by atoms with Gasteiger partial charge in [-0.05, 0) is 23.6 Å². The van der Waals surface area contributed by atoms with Crippen LogP contribution in [0.25, 0.3) is 16.3 Å². The van der Waals surface area contributed by atoms with E-state index in [-0.39, 0.29) is 0 Å². The van der Waals surface area contributed by atoms with Crippen LogP contribution in [0.15, 0.2) is 59.3 Å². The minimum atomic E-state index is 1.12. The average molecular weight is 259 g/mol. The highest BCUT2D eigenvalue weighted by atomic mass is 79.9. The van der Waals surface area contributed by atoms with Gasteiger partial charge in [0, 0.05) is 28.1 Å². The van der Waals surface area contributed by atoms with Crippen LogP contribution >= 0.6 is 15.9 Å². The van der Waals surface area contributed by atoms with E-state index in [1.807, 2.05) is 6.07 Å². The molecule has 0 aliphatic heterocycles. The van der Waals surface area contributed by atoms with E-state index in [2.05, 4.69) is 69.1 Å². The molecule has 0 unspecified atom stereocenters. The number of hydrogen-bond donors (Lipinski definition) is 0. The number of halogens is 1. The summed E-state index contributed by atoms with van der Waals surface area (Å²) >= 11 is 3.49. The summed E-state index contributed by atoms with van der Waals surface area (Å²) in [5.41, 5.74) is 1.22. The molecule has 0 fully saturated rings. The number of benzene rings is 1. The van der Waals surface area contributed by atoms with Gasteiger partial charge in [0.1, 0.15) is 0 Å². The molecular weight excluding hydrogens is 250 g/mol. The van der Waals surface area contributed by atoms with Crippen molar-refractivity contribution in [2.75, 3.05) is 0 Å². The summed E-state index contributed by atoms with van der Waals surface area (Å²) in [7, 11) is 0. The highest BCUT2D eigenvalue weighted by Crippen LogP contribution is 2.19. The van der Waals surface area contributed by atoms with Crippen molar-refractivity contribution in [3.8, 4) is 0 Å². The lowest BCUT2D eigenvalue weighted by atomic mass is 10.1. The fourth-order valence-electron chi connectivity index (χ4n) is 1.81. The van der Waals surface area contributed by atoms with E-state index < -0.39 is 0 Å². The minimum absolute atomic E-state index is 1.12. The molecule has 2 aromatic heterocycles. The predicted octanol–water partition coefficient (Wildman–Crippen LogP) is 3.34. The number of aromatic nitrogens is 1. The van der Waals surface area contributed by atoms with E-state index in [1.54, 1.807) is 0 Å². The Kier molecular flexibility index (Phi) is 1.96. The first-order chi connectivity index (χ1) is 7.33. The molecule has 0 aliphatic carbocycles. The fourth-order valence-corrected chi connectivity index (χ4v) is 2.19. The Morgan fingerprint density at radius 3 is 2.80 bits per heavy atom. The van der Waals surface area contributed by atoms with Crippen molar-refractivity contribution in [2.45, 2.75) is 0 Å². The second-order valence-electron chi connectivity index (χ2n) is 3.58. The van der Waals surface area contributed by atoms with E-state index >= 15 is 0 Å². The van der Waals surface area contributed by atoms with Crippen molar-refractivity contribution in [2.24, 2.45) is 0 Å². The van der Waals surface area contributed by atoms with Gasteiger partial charge in [-0.15, -0.1) is 0 Å². The van der Waals surface area contributed by atoms with Crippen molar-refractivity contribution in [3.63, 3.8) is 0 Å². The van der Waals surface area contributed by atoms with E-state index in [4.69, 9.17) is 0 Å². The van der Waals surface area contributed by atoms with Crippen LogP contribution in [0.1, 0.15) is 0 Å². The lowest BCUT2D eigenvalue weighted by Gasteiger charge is -1.97. The summed E-state index contributed by atoms with van der Waals surface area (Å²) in [4.78, 5) is 0. The molecule has 0 bridgehead atoms. The monoisotopic (exact) mass is 258 g/mol. The highest BCUT2D eigenvalue weighted by molar-refractivity contribution is 9.10. The molecule has 1 nitrogen and oxygen atoms in total. The summed E-state index contributed by atoms with van der Waals surface area (Å²) in [6.07, 6.45) is 4.21. The smallest absolute Gasteiger partial charge is 0.167 e. The minimum Gasteiger partial charge on any atom is -0.167 e. The summed E-state index contributed by atoms with van der Waals surface area (Å²) < 4.78 is 3.25. The molecule has 0 N–H and O–H groups in total. The second-order valence-corrected chi connectivity index (χ2v) is 4.50.